The summed E-state index contributed by atoms with van der Waals surface area (Å²) in [5.41, 5.74) is 7.11. The Morgan fingerprint density at radius 1 is 1.05 bits per heavy atom. The molecule has 1 unspecified atom stereocenters. The van der Waals surface area contributed by atoms with E-state index in [2.05, 4.69) is 19.2 Å². The van der Waals surface area contributed by atoms with Crippen LogP contribution in [0.5, 0.6) is 0 Å². The summed E-state index contributed by atoms with van der Waals surface area (Å²) in [7, 11) is 4.65. The van der Waals surface area contributed by atoms with Crippen LogP contribution in [0.15, 0.2) is 30.3 Å². The molecule has 44 heavy (non-hydrogen) atoms. The second-order valence-electron chi connectivity index (χ2n) is 12.8. The first kappa shape index (κ1) is 37.2. The Labute approximate surface area is 264 Å². The minimum Gasteiger partial charge on any atom is -0.467 e. The number of hydrogen-bond donors (Lipinski definition) is 2. The van der Waals surface area contributed by atoms with Crippen molar-refractivity contribution in [3.05, 3.63) is 35.9 Å². The lowest BCUT2D eigenvalue weighted by Crippen LogP contribution is -2.54. The van der Waals surface area contributed by atoms with Crippen LogP contribution in [0.2, 0.25) is 0 Å². The summed E-state index contributed by atoms with van der Waals surface area (Å²) in [5, 5.41) is 2.86. The zero-order chi connectivity index (χ0) is 33.1. The van der Waals surface area contributed by atoms with Crippen molar-refractivity contribution in [1.82, 2.24) is 15.1 Å². The Bertz CT molecular complexity index is 1080. The zero-order valence-corrected chi connectivity index (χ0v) is 28.2. The molecule has 0 aromatic heterocycles. The van der Waals surface area contributed by atoms with Gasteiger partial charge in [0.15, 0.2) is 0 Å². The number of esters is 1. The van der Waals surface area contributed by atoms with Crippen molar-refractivity contribution in [2.45, 2.75) is 104 Å². The minimum absolute atomic E-state index is 0.0104. The van der Waals surface area contributed by atoms with Crippen LogP contribution in [0, 0.1) is 23.7 Å². The Balaban J connectivity index is 2.17. The van der Waals surface area contributed by atoms with Crippen molar-refractivity contribution in [2.75, 3.05) is 27.8 Å². The van der Waals surface area contributed by atoms with Gasteiger partial charge in [-0.1, -0.05) is 78.3 Å². The van der Waals surface area contributed by atoms with Crippen molar-refractivity contribution in [1.29, 1.82) is 0 Å². The summed E-state index contributed by atoms with van der Waals surface area (Å²) in [6, 6.07) is 7.55. The number of carbonyl (C=O) groups is 4. The van der Waals surface area contributed by atoms with Gasteiger partial charge in [-0.2, -0.15) is 0 Å². The van der Waals surface area contributed by atoms with E-state index in [1.54, 1.807) is 26.0 Å². The summed E-state index contributed by atoms with van der Waals surface area (Å²) in [6.45, 7) is 12.4. The zero-order valence-electron chi connectivity index (χ0n) is 28.2. The predicted molar refractivity (Wildman–Crippen MR) is 171 cm³/mol. The Morgan fingerprint density at radius 3 is 2.23 bits per heavy atom. The van der Waals surface area contributed by atoms with Crippen molar-refractivity contribution in [3.63, 3.8) is 0 Å². The van der Waals surface area contributed by atoms with E-state index < -0.39 is 30.1 Å². The monoisotopic (exact) mass is 616 g/mol. The maximum absolute atomic E-state index is 13.8. The first-order valence-corrected chi connectivity index (χ1v) is 16.0. The molecule has 3 amide bonds. The maximum Gasteiger partial charge on any atom is 0.328 e. The molecule has 1 aromatic carbocycles. The minimum atomic E-state index is -0.849. The molecule has 0 aliphatic carbocycles. The van der Waals surface area contributed by atoms with Crippen LogP contribution in [0.25, 0.3) is 0 Å². The van der Waals surface area contributed by atoms with Gasteiger partial charge in [-0.15, -0.1) is 0 Å². The van der Waals surface area contributed by atoms with Crippen LogP contribution >= 0.6 is 0 Å². The number of benzene rings is 1. The van der Waals surface area contributed by atoms with E-state index in [0.29, 0.717) is 19.4 Å². The molecular formula is C34H56N4O6. The molecule has 0 bridgehead atoms. The summed E-state index contributed by atoms with van der Waals surface area (Å²) < 4.78 is 10.8. The van der Waals surface area contributed by atoms with E-state index in [9.17, 15) is 19.2 Å². The molecule has 1 aromatic rings. The molecule has 0 radical (unpaired) electrons. The average molecular weight is 617 g/mol. The van der Waals surface area contributed by atoms with E-state index in [1.807, 2.05) is 56.0 Å². The van der Waals surface area contributed by atoms with Crippen molar-refractivity contribution in [3.8, 4) is 0 Å². The molecule has 1 aliphatic heterocycles. The van der Waals surface area contributed by atoms with Gasteiger partial charge in [0.25, 0.3) is 0 Å². The summed E-state index contributed by atoms with van der Waals surface area (Å²) in [5.74, 6) is -1.54. The van der Waals surface area contributed by atoms with Gasteiger partial charge in [0.1, 0.15) is 6.04 Å². The van der Waals surface area contributed by atoms with Gasteiger partial charge in [0, 0.05) is 39.6 Å². The lowest BCUT2D eigenvalue weighted by Gasteiger charge is -2.40. The van der Waals surface area contributed by atoms with Gasteiger partial charge in [-0.05, 0) is 36.2 Å². The predicted octanol–water partition coefficient (Wildman–Crippen LogP) is 3.41. The molecule has 3 N–H and O–H groups in total. The molecule has 1 saturated heterocycles. The third-order valence-corrected chi connectivity index (χ3v) is 9.37. The second-order valence-corrected chi connectivity index (χ2v) is 12.8. The molecular weight excluding hydrogens is 560 g/mol. The first-order valence-electron chi connectivity index (χ1n) is 16.0. The largest absolute Gasteiger partial charge is 0.467 e. The Kier molecular flexibility index (Phi) is 14.8. The van der Waals surface area contributed by atoms with E-state index >= 15 is 0 Å². The lowest BCUT2D eigenvalue weighted by atomic mass is 9.84. The van der Waals surface area contributed by atoms with Crippen molar-refractivity contribution in [2.24, 2.45) is 29.4 Å². The van der Waals surface area contributed by atoms with Crippen LogP contribution in [0.1, 0.15) is 72.8 Å². The normalized spacial score (nSPS) is 19.8. The Hall–Kier alpha value is -2.98. The van der Waals surface area contributed by atoms with E-state index in [1.165, 1.54) is 7.11 Å². The highest BCUT2D eigenvalue weighted by Gasteiger charge is 2.42. The quantitative estimate of drug-likeness (QED) is 0.272. The average Bonchev–Trinajstić information content (AvgIpc) is 3.49. The summed E-state index contributed by atoms with van der Waals surface area (Å²) >= 11 is 0. The first-order chi connectivity index (χ1) is 20.8. The van der Waals surface area contributed by atoms with Crippen LogP contribution in [0.4, 0.5) is 0 Å². The van der Waals surface area contributed by atoms with Gasteiger partial charge in [-0.3, -0.25) is 14.4 Å². The number of amides is 3. The number of nitrogens with two attached hydrogens (primary N) is 1. The second kappa shape index (κ2) is 17.5. The highest BCUT2D eigenvalue weighted by Crippen LogP contribution is 2.30. The van der Waals surface area contributed by atoms with E-state index in [0.717, 1.165) is 18.4 Å². The number of hydrogen-bond acceptors (Lipinski definition) is 7. The topological polar surface area (TPSA) is 131 Å². The van der Waals surface area contributed by atoms with Crippen LogP contribution in [-0.2, 0) is 35.1 Å². The van der Waals surface area contributed by atoms with Crippen molar-refractivity contribution < 1.29 is 28.7 Å². The van der Waals surface area contributed by atoms with E-state index in [-0.39, 0.29) is 54.0 Å². The standard InChI is InChI=1S/C34H56N4O6/c1-10-22(4)30(37(7)33(41)29(35)21(2)3)23(5)19-28(39)38-18-14-17-27(38)31(43-8)24(6)32(40)36-26(34(42)44-9)20-25-15-12-11-13-16-25/h11-13,15-16,21-24,26-27,29-31H,10,14,17-20,35H2,1-9H3,(H,36,40)/t22-,23+,24+,26-,27-,29-,30?,31+/m0/s1. The van der Waals surface area contributed by atoms with Gasteiger partial charge < -0.3 is 30.3 Å². The molecule has 1 heterocycles. The molecule has 0 saturated carbocycles. The number of likely N-dealkylation sites (tertiary alicyclic amines) is 1. The van der Waals surface area contributed by atoms with Crippen LogP contribution in [-0.4, -0.2) is 91.6 Å². The molecule has 8 atom stereocenters. The molecule has 2 rings (SSSR count). The fourth-order valence-electron chi connectivity index (χ4n) is 6.52. The van der Waals surface area contributed by atoms with Gasteiger partial charge >= 0.3 is 5.97 Å². The Morgan fingerprint density at radius 2 is 1.68 bits per heavy atom. The number of rotatable bonds is 16. The highest BCUT2D eigenvalue weighted by molar-refractivity contribution is 5.86. The number of likely N-dealkylation sites (N-methyl/N-ethyl adjacent to an activating group) is 1. The molecule has 248 valence electrons. The smallest absolute Gasteiger partial charge is 0.328 e. The number of methoxy groups -OCH3 is 2. The number of carbonyl (C=O) groups excluding carboxylic acids is 4. The number of ether oxygens (including phenoxy) is 2. The third kappa shape index (κ3) is 9.51. The number of nitrogens with zero attached hydrogens (tertiary/aromatic N) is 2. The molecule has 10 nitrogen and oxygen atoms in total. The van der Waals surface area contributed by atoms with Crippen LogP contribution in [0.3, 0.4) is 0 Å². The summed E-state index contributed by atoms with van der Waals surface area (Å²) in [6.07, 6.45) is 2.36. The van der Waals surface area contributed by atoms with Gasteiger partial charge in [0.2, 0.25) is 17.7 Å². The summed E-state index contributed by atoms with van der Waals surface area (Å²) in [4.78, 5) is 56.6. The highest BCUT2D eigenvalue weighted by atomic mass is 16.5. The molecule has 0 spiro atoms. The molecule has 1 aliphatic rings. The SMILES string of the molecule is CC[C@H](C)C([C@H](C)CC(=O)N1CCC[C@H]1[C@H](OC)[C@@H](C)C(=O)N[C@@H](Cc1ccccc1)C(=O)OC)N(C)C(=O)[C@@H](N)C(C)C. The van der Waals surface area contributed by atoms with Gasteiger partial charge in [0.05, 0.1) is 31.2 Å². The third-order valence-electron chi connectivity index (χ3n) is 9.37. The van der Waals surface area contributed by atoms with Gasteiger partial charge in [-0.25, -0.2) is 4.79 Å². The molecule has 1 fully saturated rings. The molecule has 10 heteroatoms. The van der Waals surface area contributed by atoms with Crippen LogP contribution < -0.4 is 11.1 Å². The van der Waals surface area contributed by atoms with E-state index in [4.69, 9.17) is 15.2 Å². The fourth-order valence-corrected chi connectivity index (χ4v) is 6.52. The maximum atomic E-state index is 13.8. The fraction of sp³-hybridized carbons (Fsp3) is 0.706. The number of nitrogens with one attached hydrogen (secondary N) is 1. The lowest BCUT2D eigenvalue weighted by molar-refractivity contribution is -0.147. The van der Waals surface area contributed by atoms with Crippen molar-refractivity contribution >= 4 is 23.7 Å².